The maximum absolute atomic E-state index is 12.3. The zero-order valence-corrected chi connectivity index (χ0v) is 13.4. The van der Waals surface area contributed by atoms with E-state index in [1.807, 2.05) is 6.92 Å². The average molecular weight is 342 g/mol. The fourth-order valence-electron chi connectivity index (χ4n) is 2.33. The van der Waals surface area contributed by atoms with Crippen molar-refractivity contribution >= 4 is 21.7 Å². The summed E-state index contributed by atoms with van der Waals surface area (Å²) in [5.74, 6) is 0.811. The third kappa shape index (κ3) is 3.81. The van der Waals surface area contributed by atoms with E-state index in [0.717, 1.165) is 23.3 Å². The second kappa shape index (κ2) is 6.24. The van der Waals surface area contributed by atoms with Gasteiger partial charge >= 0.3 is 0 Å². The van der Waals surface area contributed by atoms with Crippen LogP contribution in [-0.4, -0.2) is 48.1 Å². The number of benzene rings is 1. The number of methoxy groups -OCH3 is 1. The molecule has 0 saturated carbocycles. The molecule has 2 rings (SSSR count). The zero-order valence-electron chi connectivity index (χ0n) is 11.9. The van der Waals surface area contributed by atoms with Crippen molar-refractivity contribution in [2.45, 2.75) is 25.4 Å². The third-order valence-electron chi connectivity index (χ3n) is 3.77. The van der Waals surface area contributed by atoms with E-state index in [9.17, 15) is 9.90 Å². The number of piperidine rings is 1. The molecule has 0 aliphatic carbocycles. The number of Topliss-reactive ketones (excluding diaryl/α,β-unsaturated/α-hetero) is 1. The minimum Gasteiger partial charge on any atom is -0.496 e. The number of hydrogen-bond donors (Lipinski definition) is 1. The Morgan fingerprint density at radius 1 is 1.45 bits per heavy atom. The fraction of sp³-hybridized carbons (Fsp3) is 0.533. The summed E-state index contributed by atoms with van der Waals surface area (Å²) in [6.45, 7) is 3.77. The molecule has 4 nitrogen and oxygen atoms in total. The lowest BCUT2D eigenvalue weighted by molar-refractivity contribution is -0.00420. The topological polar surface area (TPSA) is 49.8 Å². The van der Waals surface area contributed by atoms with Crippen molar-refractivity contribution in [3.63, 3.8) is 0 Å². The van der Waals surface area contributed by atoms with Gasteiger partial charge in [-0.1, -0.05) is 0 Å². The van der Waals surface area contributed by atoms with Crippen LogP contribution in [0.4, 0.5) is 0 Å². The summed E-state index contributed by atoms with van der Waals surface area (Å²) < 4.78 is 5.94. The van der Waals surface area contributed by atoms with Gasteiger partial charge in [-0.05, 0) is 53.9 Å². The molecule has 5 heteroatoms. The van der Waals surface area contributed by atoms with Crippen LogP contribution in [0, 0.1) is 0 Å². The van der Waals surface area contributed by atoms with Crippen LogP contribution in [0.25, 0.3) is 0 Å². The van der Waals surface area contributed by atoms with E-state index in [2.05, 4.69) is 20.8 Å². The summed E-state index contributed by atoms with van der Waals surface area (Å²) >= 11 is 3.39. The molecule has 0 amide bonds. The summed E-state index contributed by atoms with van der Waals surface area (Å²) in [4.78, 5) is 14.4. The molecule has 0 spiro atoms. The van der Waals surface area contributed by atoms with Crippen LogP contribution in [0.5, 0.6) is 5.75 Å². The number of hydrogen-bond acceptors (Lipinski definition) is 4. The zero-order chi connectivity index (χ0) is 14.8. The van der Waals surface area contributed by atoms with Crippen molar-refractivity contribution in [1.29, 1.82) is 0 Å². The van der Waals surface area contributed by atoms with Crippen LogP contribution in [0.1, 0.15) is 30.1 Å². The summed E-state index contributed by atoms with van der Waals surface area (Å²) in [5, 5.41) is 9.91. The predicted molar refractivity (Wildman–Crippen MR) is 81.3 cm³/mol. The molecule has 1 aromatic rings. The summed E-state index contributed by atoms with van der Waals surface area (Å²) in [5.41, 5.74) is 0.0953. The first-order valence-corrected chi connectivity index (χ1v) is 7.52. The lowest BCUT2D eigenvalue weighted by Gasteiger charge is -2.35. The molecule has 110 valence electrons. The van der Waals surface area contributed by atoms with Crippen molar-refractivity contribution in [3.8, 4) is 5.75 Å². The van der Waals surface area contributed by atoms with Crippen molar-refractivity contribution in [2.24, 2.45) is 0 Å². The molecule has 0 radical (unpaired) electrons. The normalized spacial score (nSPS) is 18.8. The molecule has 1 aromatic carbocycles. The van der Waals surface area contributed by atoms with Gasteiger partial charge in [0.2, 0.25) is 0 Å². The lowest BCUT2D eigenvalue weighted by atomic mass is 9.93. The van der Waals surface area contributed by atoms with Crippen LogP contribution in [0.2, 0.25) is 0 Å². The fourth-order valence-corrected chi connectivity index (χ4v) is 2.87. The molecule has 0 bridgehead atoms. The minimum atomic E-state index is -0.581. The molecule has 1 heterocycles. The Kier molecular flexibility index (Phi) is 4.83. The smallest absolute Gasteiger partial charge is 0.176 e. The van der Waals surface area contributed by atoms with Crippen LogP contribution in [0.15, 0.2) is 22.7 Å². The Morgan fingerprint density at radius 2 is 2.10 bits per heavy atom. The number of halogens is 1. The van der Waals surface area contributed by atoms with E-state index >= 15 is 0 Å². The molecule has 0 unspecified atom stereocenters. The minimum absolute atomic E-state index is 0.0925. The number of nitrogens with zero attached hydrogens (tertiary/aromatic N) is 1. The Morgan fingerprint density at radius 3 is 2.65 bits per heavy atom. The Balaban J connectivity index is 1.97. The van der Waals surface area contributed by atoms with Gasteiger partial charge in [0.1, 0.15) is 5.75 Å². The van der Waals surface area contributed by atoms with Gasteiger partial charge in [0.15, 0.2) is 5.78 Å². The average Bonchev–Trinajstić information content (AvgIpc) is 2.41. The molecule has 0 aromatic heterocycles. The van der Waals surface area contributed by atoms with Gasteiger partial charge in [-0.25, -0.2) is 0 Å². The molecule has 1 aliphatic heterocycles. The largest absolute Gasteiger partial charge is 0.496 e. The Hall–Kier alpha value is -0.910. The molecule has 20 heavy (non-hydrogen) atoms. The van der Waals surface area contributed by atoms with E-state index in [1.165, 1.54) is 0 Å². The molecule has 1 saturated heterocycles. The maximum atomic E-state index is 12.3. The first-order valence-electron chi connectivity index (χ1n) is 6.73. The monoisotopic (exact) mass is 341 g/mol. The second-order valence-electron chi connectivity index (χ2n) is 5.55. The Labute approximate surface area is 127 Å². The van der Waals surface area contributed by atoms with Gasteiger partial charge in [0.05, 0.1) is 23.7 Å². The number of ether oxygens (including phenoxy) is 1. The molecule has 1 aliphatic rings. The number of carbonyl (C=O) groups excluding carboxylic acids is 1. The van der Waals surface area contributed by atoms with E-state index in [1.54, 1.807) is 25.3 Å². The maximum Gasteiger partial charge on any atom is 0.176 e. The van der Waals surface area contributed by atoms with E-state index in [4.69, 9.17) is 4.74 Å². The first kappa shape index (κ1) is 15.5. The molecule has 0 atom stereocenters. The van der Waals surface area contributed by atoms with Gasteiger partial charge in [-0.2, -0.15) is 0 Å². The van der Waals surface area contributed by atoms with Gasteiger partial charge in [0, 0.05) is 18.7 Å². The Bertz CT molecular complexity index is 492. The number of carbonyl (C=O) groups is 1. The van der Waals surface area contributed by atoms with Gasteiger partial charge in [0.25, 0.3) is 0 Å². The number of aliphatic hydroxyl groups is 1. The summed E-state index contributed by atoms with van der Waals surface area (Å²) in [6, 6.07) is 5.37. The summed E-state index contributed by atoms with van der Waals surface area (Å²) in [7, 11) is 1.60. The molecule has 1 N–H and O–H groups in total. The SMILES string of the molecule is COc1ccc(C(=O)CN2CCC(C)(O)CC2)cc1Br. The van der Waals surface area contributed by atoms with Gasteiger partial charge in [-0.3, -0.25) is 9.69 Å². The standard InChI is InChI=1S/C15H20BrNO3/c1-15(19)5-7-17(8-6-15)10-13(18)11-3-4-14(20-2)12(16)9-11/h3-4,9,19H,5-8,10H2,1-2H3. The molecular weight excluding hydrogens is 322 g/mol. The third-order valence-corrected chi connectivity index (χ3v) is 4.39. The van der Waals surface area contributed by atoms with Crippen LogP contribution in [0.3, 0.4) is 0 Å². The highest BCUT2D eigenvalue weighted by Gasteiger charge is 2.28. The molecular formula is C15H20BrNO3. The van der Waals surface area contributed by atoms with E-state index < -0.39 is 5.60 Å². The number of likely N-dealkylation sites (tertiary alicyclic amines) is 1. The van der Waals surface area contributed by atoms with Crippen molar-refractivity contribution < 1.29 is 14.6 Å². The van der Waals surface area contributed by atoms with E-state index in [-0.39, 0.29) is 5.78 Å². The second-order valence-corrected chi connectivity index (χ2v) is 6.40. The predicted octanol–water partition coefficient (Wildman–Crippen LogP) is 2.49. The van der Waals surface area contributed by atoms with Crippen LogP contribution in [-0.2, 0) is 0 Å². The van der Waals surface area contributed by atoms with Crippen molar-refractivity contribution in [2.75, 3.05) is 26.7 Å². The van der Waals surface area contributed by atoms with Crippen molar-refractivity contribution in [1.82, 2.24) is 4.90 Å². The highest BCUT2D eigenvalue weighted by molar-refractivity contribution is 9.10. The first-order chi connectivity index (χ1) is 9.41. The molecule has 1 fully saturated rings. The lowest BCUT2D eigenvalue weighted by Crippen LogP contribution is -2.44. The summed E-state index contributed by atoms with van der Waals surface area (Å²) in [6.07, 6.45) is 1.43. The van der Waals surface area contributed by atoms with Gasteiger partial charge in [-0.15, -0.1) is 0 Å². The highest BCUT2D eigenvalue weighted by atomic mass is 79.9. The van der Waals surface area contributed by atoms with Crippen LogP contribution < -0.4 is 4.74 Å². The van der Waals surface area contributed by atoms with E-state index in [0.29, 0.717) is 24.9 Å². The number of rotatable bonds is 4. The van der Waals surface area contributed by atoms with Crippen molar-refractivity contribution in [3.05, 3.63) is 28.2 Å². The van der Waals surface area contributed by atoms with Crippen LogP contribution >= 0.6 is 15.9 Å². The van der Waals surface area contributed by atoms with Gasteiger partial charge < -0.3 is 9.84 Å². The quantitative estimate of drug-likeness (QED) is 0.855. The highest BCUT2D eigenvalue weighted by Crippen LogP contribution is 2.26. The number of ketones is 1.